The summed E-state index contributed by atoms with van der Waals surface area (Å²) in [6, 6.07) is 4.27. The van der Waals surface area contributed by atoms with Crippen LogP contribution in [0.2, 0.25) is 0 Å². The number of aryl methyl sites for hydroxylation is 1. The summed E-state index contributed by atoms with van der Waals surface area (Å²) < 4.78 is 12.7. The van der Waals surface area contributed by atoms with Crippen LogP contribution in [-0.4, -0.2) is 5.11 Å². The standard InChI is InChI=1S/C11H11FO/c1-3-4-11(13)10-6-5-9(12)7-8(10)2/h1,5-7,11,13H,4H2,2H3. The first kappa shape index (κ1) is 9.76. The van der Waals surface area contributed by atoms with Gasteiger partial charge in [0.1, 0.15) is 5.82 Å². The average Bonchev–Trinajstić information content (AvgIpc) is 2.04. The maximum atomic E-state index is 12.7. The molecule has 1 unspecified atom stereocenters. The molecule has 13 heavy (non-hydrogen) atoms. The molecule has 0 fully saturated rings. The Morgan fingerprint density at radius 1 is 1.62 bits per heavy atom. The van der Waals surface area contributed by atoms with Crippen LogP contribution in [-0.2, 0) is 0 Å². The summed E-state index contributed by atoms with van der Waals surface area (Å²) in [6.07, 6.45) is 4.63. The first-order valence-corrected chi connectivity index (χ1v) is 4.02. The van der Waals surface area contributed by atoms with E-state index in [4.69, 9.17) is 6.42 Å². The fourth-order valence-electron chi connectivity index (χ4n) is 1.23. The molecule has 0 aromatic heterocycles. The van der Waals surface area contributed by atoms with Gasteiger partial charge in [-0.15, -0.1) is 12.3 Å². The quantitative estimate of drug-likeness (QED) is 0.688. The summed E-state index contributed by atoms with van der Waals surface area (Å²) in [4.78, 5) is 0. The smallest absolute Gasteiger partial charge is 0.123 e. The van der Waals surface area contributed by atoms with Crippen molar-refractivity contribution in [2.45, 2.75) is 19.4 Å². The number of hydrogen-bond acceptors (Lipinski definition) is 1. The topological polar surface area (TPSA) is 20.2 Å². The lowest BCUT2D eigenvalue weighted by Crippen LogP contribution is -1.99. The lowest BCUT2D eigenvalue weighted by atomic mass is 10.0. The maximum Gasteiger partial charge on any atom is 0.123 e. The normalized spacial score (nSPS) is 12.2. The highest BCUT2D eigenvalue weighted by Crippen LogP contribution is 2.20. The van der Waals surface area contributed by atoms with Crippen molar-refractivity contribution in [1.29, 1.82) is 0 Å². The SMILES string of the molecule is C#CCC(O)c1ccc(F)cc1C. The first-order chi connectivity index (χ1) is 6.15. The minimum Gasteiger partial charge on any atom is -0.387 e. The van der Waals surface area contributed by atoms with Crippen LogP contribution in [0, 0.1) is 25.1 Å². The molecule has 0 aliphatic heterocycles. The van der Waals surface area contributed by atoms with Crippen molar-refractivity contribution in [2.75, 3.05) is 0 Å². The molecule has 0 amide bonds. The van der Waals surface area contributed by atoms with Gasteiger partial charge in [-0.05, 0) is 30.2 Å². The van der Waals surface area contributed by atoms with Gasteiger partial charge in [-0.1, -0.05) is 6.07 Å². The lowest BCUT2D eigenvalue weighted by Gasteiger charge is -2.10. The second kappa shape index (κ2) is 4.06. The molecule has 2 heteroatoms. The predicted molar refractivity (Wildman–Crippen MR) is 49.5 cm³/mol. The molecule has 1 atom stereocenters. The number of terminal acetylenes is 1. The number of rotatable bonds is 2. The molecule has 0 saturated carbocycles. The fourth-order valence-corrected chi connectivity index (χ4v) is 1.23. The molecule has 1 aromatic carbocycles. The van der Waals surface area contributed by atoms with Crippen molar-refractivity contribution in [1.82, 2.24) is 0 Å². The van der Waals surface area contributed by atoms with Gasteiger partial charge in [-0.3, -0.25) is 0 Å². The first-order valence-electron chi connectivity index (χ1n) is 4.02. The van der Waals surface area contributed by atoms with Crippen LogP contribution >= 0.6 is 0 Å². The predicted octanol–water partition coefficient (Wildman–Crippen LogP) is 2.19. The van der Waals surface area contributed by atoms with Crippen LogP contribution in [0.5, 0.6) is 0 Å². The Balaban J connectivity index is 2.96. The van der Waals surface area contributed by atoms with E-state index in [0.717, 1.165) is 5.56 Å². The van der Waals surface area contributed by atoms with Crippen LogP contribution in [0.1, 0.15) is 23.7 Å². The highest BCUT2D eigenvalue weighted by molar-refractivity contribution is 5.29. The van der Waals surface area contributed by atoms with Crippen molar-refractivity contribution < 1.29 is 9.50 Å². The Hall–Kier alpha value is -1.33. The van der Waals surface area contributed by atoms with E-state index in [1.807, 2.05) is 0 Å². The zero-order valence-corrected chi connectivity index (χ0v) is 7.42. The summed E-state index contributed by atoms with van der Waals surface area (Å²) in [5, 5.41) is 9.53. The fraction of sp³-hybridized carbons (Fsp3) is 0.273. The Kier molecular flexibility index (Phi) is 3.05. The van der Waals surface area contributed by atoms with Crippen LogP contribution in [0.3, 0.4) is 0 Å². The number of aliphatic hydroxyl groups excluding tert-OH is 1. The van der Waals surface area contributed by atoms with Crippen LogP contribution in [0.15, 0.2) is 18.2 Å². The molecule has 0 heterocycles. The second-order valence-electron chi connectivity index (χ2n) is 2.92. The molecule has 1 N–H and O–H groups in total. The lowest BCUT2D eigenvalue weighted by molar-refractivity contribution is 0.183. The summed E-state index contributed by atoms with van der Waals surface area (Å²) in [5.74, 6) is 2.07. The average molecular weight is 178 g/mol. The van der Waals surface area contributed by atoms with Gasteiger partial charge in [-0.25, -0.2) is 4.39 Å². The number of benzene rings is 1. The number of halogens is 1. The zero-order chi connectivity index (χ0) is 9.84. The van der Waals surface area contributed by atoms with Gasteiger partial charge in [0.2, 0.25) is 0 Å². The molecule has 0 bridgehead atoms. The molecular formula is C11H11FO. The van der Waals surface area contributed by atoms with Gasteiger partial charge in [0.25, 0.3) is 0 Å². The molecular weight excluding hydrogens is 167 g/mol. The largest absolute Gasteiger partial charge is 0.387 e. The van der Waals surface area contributed by atoms with Gasteiger partial charge in [0.15, 0.2) is 0 Å². The van der Waals surface area contributed by atoms with Crippen molar-refractivity contribution in [2.24, 2.45) is 0 Å². The third-order valence-electron chi connectivity index (χ3n) is 1.90. The highest BCUT2D eigenvalue weighted by atomic mass is 19.1. The van der Waals surface area contributed by atoms with E-state index < -0.39 is 6.10 Å². The van der Waals surface area contributed by atoms with Crippen LogP contribution < -0.4 is 0 Å². The molecule has 0 radical (unpaired) electrons. The second-order valence-corrected chi connectivity index (χ2v) is 2.92. The minimum atomic E-state index is -0.689. The van der Waals surface area contributed by atoms with E-state index in [1.165, 1.54) is 12.1 Å². The van der Waals surface area contributed by atoms with E-state index >= 15 is 0 Å². The Labute approximate surface area is 77.2 Å². The number of hydrogen-bond donors (Lipinski definition) is 1. The van der Waals surface area contributed by atoms with Crippen molar-refractivity contribution >= 4 is 0 Å². The Morgan fingerprint density at radius 2 is 2.31 bits per heavy atom. The van der Waals surface area contributed by atoms with E-state index in [0.29, 0.717) is 5.56 Å². The van der Waals surface area contributed by atoms with Gasteiger partial charge in [-0.2, -0.15) is 0 Å². The minimum absolute atomic E-state index is 0.256. The Morgan fingerprint density at radius 3 is 2.85 bits per heavy atom. The molecule has 1 nitrogen and oxygen atoms in total. The molecule has 0 aliphatic rings. The van der Waals surface area contributed by atoms with Gasteiger partial charge in [0.05, 0.1) is 6.10 Å². The molecule has 68 valence electrons. The van der Waals surface area contributed by atoms with Crippen molar-refractivity contribution in [3.05, 3.63) is 35.1 Å². The van der Waals surface area contributed by atoms with Crippen molar-refractivity contribution in [3.8, 4) is 12.3 Å². The molecule has 1 rings (SSSR count). The summed E-state index contributed by atoms with van der Waals surface area (Å²) in [7, 11) is 0. The Bertz CT molecular complexity index is 338. The number of aliphatic hydroxyl groups is 1. The monoisotopic (exact) mass is 178 g/mol. The van der Waals surface area contributed by atoms with Gasteiger partial charge >= 0.3 is 0 Å². The third-order valence-corrected chi connectivity index (χ3v) is 1.90. The molecule has 1 aromatic rings. The summed E-state index contributed by atoms with van der Waals surface area (Å²) in [5.41, 5.74) is 1.42. The summed E-state index contributed by atoms with van der Waals surface area (Å²) in [6.45, 7) is 1.75. The van der Waals surface area contributed by atoms with Gasteiger partial charge in [0, 0.05) is 6.42 Å². The maximum absolute atomic E-state index is 12.7. The van der Waals surface area contributed by atoms with E-state index in [1.54, 1.807) is 13.0 Å². The van der Waals surface area contributed by atoms with E-state index in [9.17, 15) is 9.50 Å². The van der Waals surface area contributed by atoms with Gasteiger partial charge < -0.3 is 5.11 Å². The van der Waals surface area contributed by atoms with E-state index in [2.05, 4.69) is 5.92 Å². The highest BCUT2D eigenvalue weighted by Gasteiger charge is 2.08. The molecule has 0 aliphatic carbocycles. The zero-order valence-electron chi connectivity index (χ0n) is 7.42. The summed E-state index contributed by atoms with van der Waals surface area (Å²) >= 11 is 0. The third kappa shape index (κ3) is 2.30. The van der Waals surface area contributed by atoms with Crippen LogP contribution in [0.4, 0.5) is 4.39 Å². The van der Waals surface area contributed by atoms with Crippen LogP contribution in [0.25, 0.3) is 0 Å². The van der Waals surface area contributed by atoms with Crippen molar-refractivity contribution in [3.63, 3.8) is 0 Å². The molecule has 0 spiro atoms. The van der Waals surface area contributed by atoms with E-state index in [-0.39, 0.29) is 12.2 Å². The molecule has 0 saturated heterocycles.